The molecule has 1 atom stereocenters. The highest BCUT2D eigenvalue weighted by molar-refractivity contribution is 5.76. The molecule has 8 heteroatoms. The molecule has 3 aromatic rings. The molecular formula is C19H20FN5O2. The van der Waals surface area contributed by atoms with Crippen molar-refractivity contribution in [3.8, 4) is 11.4 Å². The van der Waals surface area contributed by atoms with Gasteiger partial charge in [-0.15, -0.1) is 0 Å². The van der Waals surface area contributed by atoms with Gasteiger partial charge in [0.05, 0.1) is 5.56 Å². The summed E-state index contributed by atoms with van der Waals surface area (Å²) in [5.74, 6) is 0.488. The van der Waals surface area contributed by atoms with E-state index in [1.54, 1.807) is 24.4 Å². The monoisotopic (exact) mass is 369 g/mol. The number of aryl methyl sites for hydroxylation is 1. The smallest absolute Gasteiger partial charge is 0.227 e. The van der Waals surface area contributed by atoms with Crippen LogP contribution < -0.4 is 0 Å². The number of rotatable bonds is 5. The maximum Gasteiger partial charge on any atom is 0.227 e. The Balaban J connectivity index is 1.35. The van der Waals surface area contributed by atoms with Crippen LogP contribution in [0.2, 0.25) is 0 Å². The number of benzene rings is 1. The number of hydrogen-bond acceptors (Lipinski definition) is 5. The molecule has 140 valence electrons. The molecule has 3 heterocycles. The third-order valence-electron chi connectivity index (χ3n) is 4.87. The summed E-state index contributed by atoms with van der Waals surface area (Å²) < 4.78 is 19.0. The number of likely N-dealkylation sites (tertiary alicyclic amines) is 1. The number of hydrogen-bond donors (Lipinski definition) is 1. The van der Waals surface area contributed by atoms with E-state index in [4.69, 9.17) is 4.52 Å². The lowest BCUT2D eigenvalue weighted by Gasteiger charge is -2.32. The van der Waals surface area contributed by atoms with Gasteiger partial charge in [0.15, 0.2) is 0 Å². The summed E-state index contributed by atoms with van der Waals surface area (Å²) in [5, 5.41) is 10.8. The third-order valence-corrected chi connectivity index (χ3v) is 4.87. The summed E-state index contributed by atoms with van der Waals surface area (Å²) in [4.78, 5) is 18.7. The van der Waals surface area contributed by atoms with E-state index in [1.165, 1.54) is 6.07 Å². The molecule has 1 aromatic carbocycles. The van der Waals surface area contributed by atoms with E-state index in [9.17, 15) is 9.18 Å². The fourth-order valence-electron chi connectivity index (χ4n) is 3.43. The zero-order valence-electron chi connectivity index (χ0n) is 14.8. The van der Waals surface area contributed by atoms with Gasteiger partial charge in [0.2, 0.25) is 17.6 Å². The van der Waals surface area contributed by atoms with E-state index in [2.05, 4.69) is 20.3 Å². The summed E-state index contributed by atoms with van der Waals surface area (Å²) in [6.07, 6.45) is 4.37. The van der Waals surface area contributed by atoms with E-state index in [-0.39, 0.29) is 23.7 Å². The van der Waals surface area contributed by atoms with E-state index in [0.717, 1.165) is 25.1 Å². The molecule has 1 aliphatic heterocycles. The van der Waals surface area contributed by atoms with Crippen molar-refractivity contribution in [3.63, 3.8) is 0 Å². The van der Waals surface area contributed by atoms with Crippen molar-refractivity contribution in [3.05, 3.63) is 53.9 Å². The molecule has 7 nitrogen and oxygen atoms in total. The largest absolute Gasteiger partial charge is 0.342 e. The first-order chi connectivity index (χ1) is 13.2. The number of carbonyl (C=O) groups excluding carboxylic acids is 1. The predicted octanol–water partition coefficient (Wildman–Crippen LogP) is 2.94. The third kappa shape index (κ3) is 3.89. The van der Waals surface area contributed by atoms with Crippen molar-refractivity contribution >= 4 is 5.91 Å². The van der Waals surface area contributed by atoms with Crippen molar-refractivity contribution in [2.45, 2.75) is 31.6 Å². The fourth-order valence-corrected chi connectivity index (χ4v) is 3.43. The Morgan fingerprint density at radius 2 is 2.22 bits per heavy atom. The van der Waals surface area contributed by atoms with Gasteiger partial charge in [0, 0.05) is 43.7 Å². The molecule has 4 rings (SSSR count). The van der Waals surface area contributed by atoms with Gasteiger partial charge in [-0.2, -0.15) is 10.1 Å². The van der Waals surface area contributed by atoms with Gasteiger partial charge in [-0.1, -0.05) is 17.3 Å². The highest BCUT2D eigenvalue weighted by Gasteiger charge is 2.25. The minimum Gasteiger partial charge on any atom is -0.342 e. The maximum atomic E-state index is 13.8. The number of halogens is 1. The Hall–Kier alpha value is -3.03. The molecule has 1 fully saturated rings. The standard InChI is InChI=1S/C19H20FN5O2/c20-15-6-2-1-5-14(15)19-22-17(27-24-19)7-8-18(26)25-11-3-4-13(12-25)16-9-10-21-23-16/h1-2,5-6,9-10,13H,3-4,7-8,11-12H2,(H,21,23)/t13-/m0/s1. The molecule has 0 unspecified atom stereocenters. The van der Waals surface area contributed by atoms with Crippen molar-refractivity contribution in [1.29, 1.82) is 0 Å². The number of piperidine rings is 1. The molecule has 0 spiro atoms. The second-order valence-corrected chi connectivity index (χ2v) is 6.68. The van der Waals surface area contributed by atoms with Gasteiger partial charge in [-0.05, 0) is 31.0 Å². The number of nitrogens with one attached hydrogen (secondary N) is 1. The van der Waals surface area contributed by atoms with Crippen LogP contribution in [0.15, 0.2) is 41.1 Å². The van der Waals surface area contributed by atoms with Crippen molar-refractivity contribution in [1.82, 2.24) is 25.2 Å². The number of aromatic nitrogens is 4. The number of carbonyl (C=O) groups is 1. The molecule has 2 aromatic heterocycles. The highest BCUT2D eigenvalue weighted by Crippen LogP contribution is 2.26. The van der Waals surface area contributed by atoms with Crippen LogP contribution in [0.3, 0.4) is 0 Å². The molecule has 0 saturated carbocycles. The highest BCUT2D eigenvalue weighted by atomic mass is 19.1. The number of amides is 1. The number of nitrogens with zero attached hydrogens (tertiary/aromatic N) is 4. The van der Waals surface area contributed by atoms with Gasteiger partial charge in [0.1, 0.15) is 5.82 Å². The summed E-state index contributed by atoms with van der Waals surface area (Å²) >= 11 is 0. The lowest BCUT2D eigenvalue weighted by atomic mass is 9.94. The number of H-pyrrole nitrogens is 1. The fraction of sp³-hybridized carbons (Fsp3) is 0.368. The maximum absolute atomic E-state index is 13.8. The predicted molar refractivity (Wildman–Crippen MR) is 95.2 cm³/mol. The van der Waals surface area contributed by atoms with Crippen LogP contribution in [0.25, 0.3) is 11.4 Å². The molecule has 27 heavy (non-hydrogen) atoms. The Bertz CT molecular complexity index is 908. The van der Waals surface area contributed by atoms with Crippen LogP contribution in [-0.2, 0) is 11.2 Å². The molecule has 1 aliphatic rings. The topological polar surface area (TPSA) is 87.9 Å². The van der Waals surface area contributed by atoms with E-state index < -0.39 is 5.82 Å². The normalized spacial score (nSPS) is 17.2. The van der Waals surface area contributed by atoms with Gasteiger partial charge < -0.3 is 9.42 Å². The summed E-state index contributed by atoms with van der Waals surface area (Å²) in [6, 6.07) is 8.22. The van der Waals surface area contributed by atoms with Crippen LogP contribution in [-0.4, -0.2) is 44.2 Å². The Morgan fingerprint density at radius 3 is 3.04 bits per heavy atom. The van der Waals surface area contributed by atoms with Crippen molar-refractivity contribution < 1.29 is 13.7 Å². The van der Waals surface area contributed by atoms with Crippen LogP contribution in [0.4, 0.5) is 4.39 Å². The quantitative estimate of drug-likeness (QED) is 0.747. The first-order valence-corrected chi connectivity index (χ1v) is 9.05. The SMILES string of the molecule is O=C(CCc1nc(-c2ccccc2F)no1)N1CCC[C@H](c2ccn[nH]2)C1. The average Bonchev–Trinajstić information content (AvgIpc) is 3.39. The van der Waals surface area contributed by atoms with Crippen LogP contribution in [0.5, 0.6) is 0 Å². The molecule has 1 amide bonds. The van der Waals surface area contributed by atoms with Gasteiger partial charge in [-0.3, -0.25) is 9.89 Å². The first-order valence-electron chi connectivity index (χ1n) is 9.05. The summed E-state index contributed by atoms with van der Waals surface area (Å²) in [6.45, 7) is 1.44. The van der Waals surface area contributed by atoms with E-state index in [0.29, 0.717) is 24.8 Å². The van der Waals surface area contributed by atoms with Crippen LogP contribution >= 0.6 is 0 Å². The lowest BCUT2D eigenvalue weighted by Crippen LogP contribution is -2.39. The minimum atomic E-state index is -0.404. The van der Waals surface area contributed by atoms with Crippen LogP contribution in [0.1, 0.15) is 36.8 Å². The molecule has 0 radical (unpaired) electrons. The Morgan fingerprint density at radius 1 is 1.33 bits per heavy atom. The zero-order valence-corrected chi connectivity index (χ0v) is 14.8. The lowest BCUT2D eigenvalue weighted by molar-refractivity contribution is -0.132. The van der Waals surface area contributed by atoms with Gasteiger partial charge >= 0.3 is 0 Å². The van der Waals surface area contributed by atoms with Crippen LogP contribution in [0, 0.1) is 5.82 Å². The second-order valence-electron chi connectivity index (χ2n) is 6.68. The summed E-state index contributed by atoms with van der Waals surface area (Å²) in [7, 11) is 0. The van der Waals surface area contributed by atoms with Gasteiger partial charge in [-0.25, -0.2) is 4.39 Å². The molecule has 0 bridgehead atoms. The van der Waals surface area contributed by atoms with Gasteiger partial charge in [0.25, 0.3) is 0 Å². The first kappa shape index (κ1) is 17.4. The Labute approximate surface area is 155 Å². The summed E-state index contributed by atoms with van der Waals surface area (Å²) in [5.41, 5.74) is 1.36. The van der Waals surface area contributed by atoms with E-state index in [1.807, 2.05) is 11.0 Å². The average molecular weight is 369 g/mol. The zero-order chi connectivity index (χ0) is 18.6. The van der Waals surface area contributed by atoms with Crippen molar-refractivity contribution in [2.75, 3.05) is 13.1 Å². The minimum absolute atomic E-state index is 0.0601. The molecule has 1 saturated heterocycles. The molecule has 1 N–H and O–H groups in total. The Kier molecular flexibility index (Phi) is 4.95. The molecular weight excluding hydrogens is 349 g/mol. The number of aromatic amines is 1. The van der Waals surface area contributed by atoms with E-state index >= 15 is 0 Å². The van der Waals surface area contributed by atoms with Crippen molar-refractivity contribution in [2.24, 2.45) is 0 Å². The molecule has 0 aliphatic carbocycles. The second kappa shape index (κ2) is 7.69.